The highest BCUT2D eigenvalue weighted by atomic mass is 16.7. The van der Waals surface area contributed by atoms with E-state index in [2.05, 4.69) is 43.1 Å². The van der Waals surface area contributed by atoms with E-state index in [0.29, 0.717) is 30.8 Å². The molecule has 5 rings (SSSR count). The highest BCUT2D eigenvalue weighted by Crippen LogP contribution is 2.61. The zero-order chi connectivity index (χ0) is 36.9. The number of rotatable bonds is 26. The summed E-state index contributed by atoms with van der Waals surface area (Å²) >= 11 is 0. The van der Waals surface area contributed by atoms with E-state index in [1.54, 1.807) is 0 Å². The van der Waals surface area contributed by atoms with Crippen molar-refractivity contribution in [3.8, 4) is 0 Å². The van der Waals surface area contributed by atoms with E-state index in [9.17, 15) is 14.4 Å². The van der Waals surface area contributed by atoms with Gasteiger partial charge in [0.15, 0.2) is 0 Å². The van der Waals surface area contributed by atoms with E-state index in [1.165, 1.54) is 70.6 Å². The van der Waals surface area contributed by atoms with E-state index in [-0.39, 0.29) is 31.8 Å². The molecule has 0 N–H and O–H groups in total. The number of hydrogen-bond donors (Lipinski definition) is 0. The fraction of sp³-hybridized carbons (Fsp3) is 0.841. The Morgan fingerprint density at radius 3 is 1.96 bits per heavy atom. The fourth-order valence-electron chi connectivity index (χ4n) is 9.74. The monoisotopic (exact) mass is 728 g/mol. The number of likely N-dealkylation sites (tertiary alicyclic amines) is 1. The van der Waals surface area contributed by atoms with Crippen LogP contribution in [0, 0.1) is 35.0 Å². The number of nitrogens with zero attached hydrogens (tertiary/aromatic N) is 1. The summed E-state index contributed by atoms with van der Waals surface area (Å²) in [5.74, 6) is 1.96. The summed E-state index contributed by atoms with van der Waals surface area (Å²) in [4.78, 5) is 40.4. The van der Waals surface area contributed by atoms with Crippen molar-refractivity contribution in [3.05, 3.63) is 24.3 Å². The van der Waals surface area contributed by atoms with Crippen molar-refractivity contribution in [2.24, 2.45) is 35.0 Å². The van der Waals surface area contributed by atoms with Crippen LogP contribution in [0.4, 0.5) is 4.79 Å². The van der Waals surface area contributed by atoms with Gasteiger partial charge >= 0.3 is 18.1 Å². The van der Waals surface area contributed by atoms with Gasteiger partial charge in [-0.3, -0.25) is 9.59 Å². The maximum absolute atomic E-state index is 12.9. The van der Waals surface area contributed by atoms with E-state index >= 15 is 0 Å². The number of allylic oxidation sites excluding steroid dienone is 4. The Hall–Kier alpha value is -2.35. The Kier molecular flexibility index (Phi) is 19.7. The molecule has 0 radical (unpaired) electrons. The van der Waals surface area contributed by atoms with Crippen LogP contribution in [0.2, 0.25) is 0 Å². The number of carbonyl (C=O) groups is 3. The molecule has 2 unspecified atom stereocenters. The number of carbonyl (C=O) groups excluding carboxylic acids is 3. The van der Waals surface area contributed by atoms with Crippen molar-refractivity contribution in [2.75, 3.05) is 46.1 Å². The molecule has 0 spiro atoms. The van der Waals surface area contributed by atoms with Gasteiger partial charge in [-0.15, -0.1) is 0 Å². The first kappa shape index (κ1) is 42.4. The van der Waals surface area contributed by atoms with Crippen LogP contribution in [0.15, 0.2) is 24.3 Å². The molecule has 0 aromatic rings. The minimum Gasteiger partial charge on any atom is -0.465 e. The third-order valence-corrected chi connectivity index (χ3v) is 12.2. The molecular weight excluding hydrogens is 654 g/mol. The zero-order valence-corrected chi connectivity index (χ0v) is 33.0. The minimum atomic E-state index is -0.719. The average molecular weight is 728 g/mol. The van der Waals surface area contributed by atoms with Gasteiger partial charge in [0.1, 0.15) is 19.8 Å². The second kappa shape index (κ2) is 24.1. The lowest BCUT2D eigenvalue weighted by Gasteiger charge is -2.57. The van der Waals surface area contributed by atoms with Crippen molar-refractivity contribution in [2.45, 2.75) is 155 Å². The second-order valence-corrected chi connectivity index (χ2v) is 16.9. The van der Waals surface area contributed by atoms with Crippen LogP contribution in [-0.4, -0.2) is 69.1 Å². The smallest absolute Gasteiger partial charge is 0.465 e. The molecule has 8 nitrogen and oxygen atoms in total. The van der Waals surface area contributed by atoms with Gasteiger partial charge in [-0.25, -0.2) is 4.79 Å². The van der Waals surface area contributed by atoms with Crippen molar-refractivity contribution in [1.29, 1.82) is 0 Å². The zero-order valence-electron chi connectivity index (χ0n) is 33.0. The molecule has 1 heterocycles. The Bertz CT molecular complexity index is 1070. The lowest BCUT2D eigenvalue weighted by molar-refractivity contribution is -0.151. The third-order valence-electron chi connectivity index (χ3n) is 12.2. The van der Waals surface area contributed by atoms with Crippen LogP contribution in [0.25, 0.3) is 0 Å². The van der Waals surface area contributed by atoms with Crippen molar-refractivity contribution in [1.82, 2.24) is 4.90 Å². The van der Waals surface area contributed by atoms with Gasteiger partial charge in [-0.2, -0.15) is 0 Å². The highest BCUT2D eigenvalue weighted by Gasteiger charge is 2.50. The molecular formula is C44H73NO7. The Labute approximate surface area is 316 Å². The van der Waals surface area contributed by atoms with Crippen LogP contribution in [0.5, 0.6) is 0 Å². The summed E-state index contributed by atoms with van der Waals surface area (Å²) in [6.07, 6.45) is 32.6. The van der Waals surface area contributed by atoms with E-state index in [4.69, 9.17) is 18.9 Å². The minimum absolute atomic E-state index is 0.0240. The van der Waals surface area contributed by atoms with Gasteiger partial charge in [0.2, 0.25) is 0 Å². The van der Waals surface area contributed by atoms with Crippen LogP contribution < -0.4 is 0 Å². The van der Waals surface area contributed by atoms with Crippen molar-refractivity contribution >= 4 is 18.1 Å². The van der Waals surface area contributed by atoms with E-state index in [1.807, 2.05) is 0 Å². The van der Waals surface area contributed by atoms with Crippen molar-refractivity contribution < 1.29 is 33.3 Å². The number of unbranched alkanes of at least 4 members (excludes halogenated alkanes) is 8. The summed E-state index contributed by atoms with van der Waals surface area (Å²) in [6.45, 7) is 7.81. The molecule has 0 amide bonds. The van der Waals surface area contributed by atoms with Gasteiger partial charge in [0.05, 0.1) is 12.5 Å². The number of piperidine rings is 1. The predicted octanol–water partition coefficient (Wildman–Crippen LogP) is 10.4. The standard InChI is InChI=1S/C44H73NO7/c1-3-5-6-7-8-9-10-11-12-13-14-15-16-17-18-21-41(46)49-33-40(35-52-43(48)51-32-36-20-19-24-45(4-2)31-36)34-50-42(47)22-23-44-28-37-25-38(29-44)27-39(26-37)30-44/h8-9,11-12,36-40H,3-7,10,13-35H2,1-2H3/b9-8-,12-11-. The number of esters is 2. The summed E-state index contributed by atoms with van der Waals surface area (Å²) in [5, 5.41) is 0. The molecule has 5 aliphatic rings. The molecule has 296 valence electrons. The first-order valence-electron chi connectivity index (χ1n) is 21.5. The molecule has 5 fully saturated rings. The molecule has 4 bridgehead atoms. The van der Waals surface area contributed by atoms with Gasteiger partial charge in [-0.1, -0.05) is 70.3 Å². The molecule has 1 aliphatic heterocycles. The highest BCUT2D eigenvalue weighted by molar-refractivity contribution is 5.70. The molecule has 4 aliphatic carbocycles. The third kappa shape index (κ3) is 16.3. The maximum atomic E-state index is 12.9. The number of hydrogen-bond acceptors (Lipinski definition) is 8. The Balaban J connectivity index is 1.10. The average Bonchev–Trinajstić information content (AvgIpc) is 3.14. The molecule has 1 saturated heterocycles. The molecule has 52 heavy (non-hydrogen) atoms. The van der Waals surface area contributed by atoms with Gasteiger partial charge in [-0.05, 0) is 133 Å². The first-order chi connectivity index (χ1) is 25.4. The van der Waals surface area contributed by atoms with Gasteiger partial charge in [0, 0.05) is 25.3 Å². The van der Waals surface area contributed by atoms with E-state index < -0.39 is 12.1 Å². The summed E-state index contributed by atoms with van der Waals surface area (Å²) in [5.41, 5.74) is 0.323. The number of ether oxygens (including phenoxy) is 4. The topological polar surface area (TPSA) is 91.4 Å². The SMILES string of the molecule is CCCCC/C=C\C/C=C\CCCCCCCC(=O)OCC(COC(=O)CCC12CC3CC(CC(C3)C1)C2)COC(=O)OCC1CCCN(CC)C1. The molecule has 4 saturated carbocycles. The van der Waals surface area contributed by atoms with Crippen LogP contribution in [0.3, 0.4) is 0 Å². The molecule has 2 atom stereocenters. The normalized spacial score (nSPS) is 26.2. The van der Waals surface area contributed by atoms with Gasteiger partial charge in [0.25, 0.3) is 0 Å². The van der Waals surface area contributed by atoms with Gasteiger partial charge < -0.3 is 23.8 Å². The summed E-state index contributed by atoms with van der Waals surface area (Å²) in [7, 11) is 0. The molecule has 0 aromatic carbocycles. The second-order valence-electron chi connectivity index (χ2n) is 16.9. The van der Waals surface area contributed by atoms with Crippen LogP contribution in [-0.2, 0) is 28.5 Å². The lowest BCUT2D eigenvalue weighted by atomic mass is 9.48. The Morgan fingerprint density at radius 2 is 1.31 bits per heavy atom. The van der Waals surface area contributed by atoms with E-state index in [0.717, 1.165) is 95.2 Å². The largest absolute Gasteiger partial charge is 0.508 e. The molecule has 0 aromatic heterocycles. The lowest BCUT2D eigenvalue weighted by Crippen LogP contribution is -2.46. The quantitative estimate of drug-likeness (QED) is 0.0376. The predicted molar refractivity (Wildman–Crippen MR) is 207 cm³/mol. The maximum Gasteiger partial charge on any atom is 0.508 e. The van der Waals surface area contributed by atoms with Crippen LogP contribution >= 0.6 is 0 Å². The summed E-state index contributed by atoms with van der Waals surface area (Å²) < 4.78 is 22.3. The first-order valence-corrected chi connectivity index (χ1v) is 21.5. The van der Waals surface area contributed by atoms with Crippen LogP contribution in [0.1, 0.15) is 155 Å². The van der Waals surface area contributed by atoms with Crippen molar-refractivity contribution in [3.63, 3.8) is 0 Å². The molecule has 8 heteroatoms. The summed E-state index contributed by atoms with van der Waals surface area (Å²) in [6, 6.07) is 0. The fourth-order valence-corrected chi connectivity index (χ4v) is 9.74. The Morgan fingerprint density at radius 1 is 0.712 bits per heavy atom.